The van der Waals surface area contributed by atoms with Gasteiger partial charge in [0.15, 0.2) is 13.4 Å². The maximum atomic E-state index is 4.25. The first-order chi connectivity index (χ1) is 49.8. The highest BCUT2D eigenvalue weighted by atomic mass is 28.3. The van der Waals surface area contributed by atoms with Crippen molar-refractivity contribution in [3.8, 4) is 22.3 Å². The van der Waals surface area contributed by atoms with Crippen LogP contribution in [0.15, 0.2) is 285 Å². The van der Waals surface area contributed by atoms with Crippen LogP contribution in [0, 0.1) is 47.0 Å². The molecule has 0 saturated heterocycles. The van der Waals surface area contributed by atoms with Crippen LogP contribution in [0.4, 0.5) is 17.1 Å². The van der Waals surface area contributed by atoms with E-state index in [9.17, 15) is 0 Å². The minimum atomic E-state index is -1.46. The molecular weight excluding hydrogens is 1320 g/mol. The number of methoxy groups -OCH3 is 1. The Morgan fingerprint density at radius 2 is 0.542 bits per heavy atom. The molecule has 107 heavy (non-hydrogen) atoms. The second-order valence-corrected chi connectivity index (χ2v) is 43.1. The summed E-state index contributed by atoms with van der Waals surface area (Å²) in [4.78, 5) is 6.42. The van der Waals surface area contributed by atoms with Gasteiger partial charge in [-0.15, -0.1) is 0 Å². The number of rotatable bonds is 11. The summed E-state index contributed by atoms with van der Waals surface area (Å²) in [6.45, 7) is 50.6. The van der Waals surface area contributed by atoms with Crippen LogP contribution in [0.2, 0.25) is 66.6 Å². The van der Waals surface area contributed by atoms with Gasteiger partial charge < -0.3 is 19.4 Å². The second-order valence-electron chi connectivity index (χ2n) is 32.7. The Balaban J connectivity index is 0.000000610. The number of anilines is 3. The van der Waals surface area contributed by atoms with Crippen molar-refractivity contribution >= 4 is 67.9 Å². The molecule has 0 aromatic heterocycles. The molecule has 11 rings (SSSR count). The Morgan fingerprint density at radius 1 is 0.299 bits per heavy atom. The van der Waals surface area contributed by atoms with Crippen molar-refractivity contribution in [2.75, 3.05) is 71.2 Å². The van der Waals surface area contributed by atoms with Crippen molar-refractivity contribution in [3.63, 3.8) is 0 Å². The highest BCUT2D eigenvalue weighted by molar-refractivity contribution is 7.00. The van der Waals surface area contributed by atoms with Crippen LogP contribution in [0.3, 0.4) is 0 Å². The molecule has 0 unspecified atom stereocenters. The van der Waals surface area contributed by atoms with Crippen LogP contribution >= 0.6 is 0 Å². The van der Waals surface area contributed by atoms with Crippen LogP contribution < -0.4 is 36.0 Å². The molecule has 4 nitrogen and oxygen atoms in total. The number of benzene rings is 11. The number of hydrogen-bond acceptors (Lipinski definition) is 4. The van der Waals surface area contributed by atoms with Crippen LogP contribution in [0.5, 0.6) is 0 Å². The maximum absolute atomic E-state index is 4.25. The summed E-state index contributed by atoms with van der Waals surface area (Å²) in [5.41, 5.74) is 23.6. The molecule has 0 aliphatic rings. The summed E-state index contributed by atoms with van der Waals surface area (Å²) in [6.07, 6.45) is 0. The topological polar surface area (TPSA) is 19.0 Å². The van der Waals surface area contributed by atoms with E-state index in [-0.39, 0.29) is 12.8 Å². The van der Waals surface area contributed by atoms with E-state index in [0.717, 1.165) is 0 Å². The van der Waals surface area contributed by atoms with Crippen LogP contribution in [-0.4, -0.2) is 86.1 Å². The Morgan fingerprint density at radius 3 is 0.813 bits per heavy atom. The monoisotopic (exact) mass is 1470 g/mol. The summed E-state index contributed by atoms with van der Waals surface area (Å²) in [7, 11) is 13.6. The number of aryl methyl sites for hydroxylation is 6. The van der Waals surface area contributed by atoms with Gasteiger partial charge in [0.1, 0.15) is 8.07 Å². The van der Waals surface area contributed by atoms with E-state index >= 15 is 0 Å². The van der Waals surface area contributed by atoms with E-state index < -0.39 is 16.1 Å². The van der Waals surface area contributed by atoms with Gasteiger partial charge in [0, 0.05) is 92.6 Å². The predicted octanol–water partition coefficient (Wildman–Crippen LogP) is 25.2. The van der Waals surface area contributed by atoms with Gasteiger partial charge in [-0.1, -0.05) is 427 Å². The summed E-state index contributed by atoms with van der Waals surface area (Å²) >= 11 is 0. The van der Waals surface area contributed by atoms with E-state index in [1.807, 2.05) is 32.3 Å². The van der Waals surface area contributed by atoms with E-state index in [1.54, 1.807) is 14.2 Å². The van der Waals surface area contributed by atoms with Gasteiger partial charge in [-0.05, 0) is 104 Å². The van der Waals surface area contributed by atoms with Gasteiger partial charge in [-0.2, -0.15) is 0 Å². The second kappa shape index (κ2) is 49.3. The van der Waals surface area contributed by atoms with Crippen LogP contribution in [0.1, 0.15) is 93.5 Å². The first-order valence-corrected chi connectivity index (χ1v) is 44.9. The maximum Gasteiger partial charge on any atom is 0.170 e. The number of nitrogens with zero attached hydrogens (tertiary/aromatic N) is 3. The van der Waals surface area contributed by atoms with Crippen molar-refractivity contribution in [3.05, 3.63) is 330 Å². The largest absolute Gasteiger partial charge is 0.388 e. The Labute approximate surface area is 659 Å². The lowest BCUT2D eigenvalue weighted by Crippen LogP contribution is -2.52. The van der Waals surface area contributed by atoms with Gasteiger partial charge in [0.2, 0.25) is 0 Å². The molecule has 11 aromatic rings. The highest BCUT2D eigenvalue weighted by Gasteiger charge is 2.25. The summed E-state index contributed by atoms with van der Waals surface area (Å²) in [5.74, 6) is 0. The molecule has 0 radical (unpaired) electrons. The summed E-state index contributed by atoms with van der Waals surface area (Å²) < 4.78 is 4.25. The molecule has 8 heteroatoms. The van der Waals surface area contributed by atoms with Crippen molar-refractivity contribution in [1.82, 2.24) is 0 Å². The molecule has 0 aliphatic heterocycles. The predicted molar refractivity (Wildman–Crippen MR) is 497 cm³/mol. The Hall–Kier alpha value is -8.66. The zero-order valence-corrected chi connectivity index (χ0v) is 73.5. The minimum absolute atomic E-state index is 0. The first-order valence-electron chi connectivity index (χ1n) is 37.9. The lowest BCUT2D eigenvalue weighted by molar-refractivity contribution is 0.277. The van der Waals surface area contributed by atoms with Crippen molar-refractivity contribution in [2.45, 2.75) is 163 Å². The number of para-hydroxylation sites is 3. The fourth-order valence-electron chi connectivity index (χ4n) is 12.1. The van der Waals surface area contributed by atoms with E-state index in [2.05, 4.69) is 464 Å². The van der Waals surface area contributed by atoms with Gasteiger partial charge >= 0.3 is 0 Å². The molecule has 0 fully saturated rings. The molecule has 0 saturated carbocycles. The fraction of sp³-hybridized carbons (Fsp3) is 0.333. The average molecular weight is 1470 g/mol. The third-order valence-electron chi connectivity index (χ3n) is 17.0. The fourth-order valence-corrected chi connectivity index (χ4v) is 14.5. The zero-order valence-electron chi connectivity index (χ0n) is 71.5. The summed E-state index contributed by atoms with van der Waals surface area (Å²) in [6, 6.07) is 100. The van der Waals surface area contributed by atoms with Crippen molar-refractivity contribution < 1.29 is 4.74 Å². The molecular formula is C99H141B2N3OSi2. The molecule has 0 aliphatic carbocycles. The first kappa shape index (κ1) is 96.4. The molecule has 11 aromatic carbocycles. The lowest BCUT2D eigenvalue weighted by Gasteiger charge is -2.25. The third kappa shape index (κ3) is 36.7. The van der Waals surface area contributed by atoms with Crippen molar-refractivity contribution in [2.24, 2.45) is 5.41 Å². The standard InChI is InChI=1S/C15H17B.C15H17N.C15H16.C14H16Si.C10H15B.C10H15N.C8H11N.C5H12.C4H12Si.C2H6O.CH4/c2*1-12-8-7-11-14(15(12)16(2)3)13-9-5-4-6-10-13;2*1-15(2,13-9-5-3-6-10-13)14-11-7-4-8-12-14;2*1-8-6-5-7-9(2)10(8)11(3)4;1-9(2)8-6-4-3-5-7-8;2*1-5(2,3)4;1-3-2;/h2*4-11H,1-3H3;2*3-12H,1-2H3;2*5-7H,1-4H3;3-7H,1-2H3;2*1-4H3;1-2H3;1H4. The minimum Gasteiger partial charge on any atom is -0.388 e. The van der Waals surface area contributed by atoms with E-state index in [0.29, 0.717) is 18.8 Å². The quantitative estimate of drug-likeness (QED) is 0.120. The molecule has 0 spiro atoms. The molecule has 0 heterocycles. The smallest absolute Gasteiger partial charge is 0.170 e. The van der Waals surface area contributed by atoms with Gasteiger partial charge in [0.05, 0.1) is 0 Å². The Kier molecular flexibility index (Phi) is 44.4. The van der Waals surface area contributed by atoms with Gasteiger partial charge in [0.25, 0.3) is 0 Å². The molecule has 572 valence electrons. The Bertz CT molecular complexity index is 3730. The molecule has 0 bridgehead atoms. The van der Waals surface area contributed by atoms with E-state index in [1.165, 1.54) is 105 Å². The van der Waals surface area contributed by atoms with Crippen LogP contribution in [-0.2, 0) is 10.2 Å². The lowest BCUT2D eigenvalue weighted by atomic mass is 9.47. The zero-order chi connectivity index (χ0) is 79.8. The molecule has 0 N–H and O–H groups in total. The summed E-state index contributed by atoms with van der Waals surface area (Å²) in [5, 5.41) is 2.99. The number of ether oxygens (including phenoxy) is 1. The van der Waals surface area contributed by atoms with Crippen molar-refractivity contribution in [1.29, 1.82) is 0 Å². The van der Waals surface area contributed by atoms with Crippen LogP contribution in [0.25, 0.3) is 22.3 Å². The average Bonchev–Trinajstić information content (AvgIpc) is 0.721. The number of hydrogen-bond donors (Lipinski definition) is 0. The van der Waals surface area contributed by atoms with E-state index in [4.69, 9.17) is 0 Å². The normalized spacial score (nSPS) is 10.3. The van der Waals surface area contributed by atoms with Gasteiger partial charge in [-0.3, -0.25) is 0 Å². The molecule has 0 amide bonds. The SMILES string of the molecule is C.CB(C)c1c(C)cccc1-c1ccccc1.CB(C)c1c(C)cccc1C.CC(C)(C)C.CC(C)(c1ccccc1)c1ccccc1.CN(C)c1ccccc1.COC.C[Si](C)(C)C.C[Si](C)(c1ccccc1)c1ccccc1.Cc1cccc(-c2ccccc2)c1N(C)C.Cc1cccc(C)c1N(C)C. The third-order valence-corrected chi connectivity index (χ3v) is 20.6. The molecule has 0 atom stereocenters. The highest BCUT2D eigenvalue weighted by Crippen LogP contribution is 2.33. The van der Waals surface area contributed by atoms with Gasteiger partial charge in [-0.25, -0.2) is 0 Å².